The molecule has 1 aliphatic rings. The zero-order valence-electron chi connectivity index (χ0n) is 16.1. The van der Waals surface area contributed by atoms with Gasteiger partial charge in [-0.3, -0.25) is 4.79 Å². The van der Waals surface area contributed by atoms with Crippen LogP contribution in [0, 0.1) is 6.57 Å². The number of amides is 1. The number of ether oxygens (including phenoxy) is 2. The van der Waals surface area contributed by atoms with Crippen molar-refractivity contribution >= 4 is 11.9 Å². The number of nitrogens with zero attached hydrogens (tertiary/aromatic N) is 2. The topological polar surface area (TPSA) is 60.2 Å². The Bertz CT molecular complexity index is 751. The number of methoxy groups -OCH3 is 1. The minimum Gasteiger partial charge on any atom is -0.496 e. The first-order chi connectivity index (χ1) is 12.7. The molecular formula is C20H25FN2O4. The monoisotopic (exact) mass is 376 g/mol. The Morgan fingerprint density at radius 3 is 2.63 bits per heavy atom. The molecule has 1 aliphatic heterocycles. The lowest BCUT2D eigenvalue weighted by Crippen LogP contribution is -2.46. The van der Waals surface area contributed by atoms with E-state index in [4.69, 9.17) is 16.0 Å². The molecule has 1 aromatic carbocycles. The lowest BCUT2D eigenvalue weighted by molar-refractivity contribution is 0.0111. The van der Waals surface area contributed by atoms with E-state index in [1.807, 2.05) is 0 Å². The summed E-state index contributed by atoms with van der Waals surface area (Å²) in [6.07, 6.45) is -1.32. The van der Waals surface area contributed by atoms with Crippen molar-refractivity contribution in [2.45, 2.75) is 44.9 Å². The standard InChI is InChI=1S/C20H25FN2O4/c1-20(2,3)27-19(25)23-9-8-14(16(21)12-23)13-6-7-15(17(24)11-22-4)18(10-13)26-5/h6-7,10,14,16H,8-9,11-12H2,1-3,5H3. The molecule has 0 saturated carbocycles. The highest BCUT2D eigenvalue weighted by atomic mass is 19.1. The summed E-state index contributed by atoms with van der Waals surface area (Å²) in [6.45, 7) is 12.2. The van der Waals surface area contributed by atoms with Crippen LogP contribution in [0.4, 0.5) is 9.18 Å². The summed E-state index contributed by atoms with van der Waals surface area (Å²) in [5, 5.41) is 0. The SMILES string of the molecule is [C-]#[N+]CC(=O)c1ccc(C2CCN(C(=O)OC(C)(C)C)CC2F)cc1OC. The Morgan fingerprint density at radius 1 is 1.37 bits per heavy atom. The molecule has 146 valence electrons. The van der Waals surface area contributed by atoms with E-state index in [1.54, 1.807) is 39.0 Å². The number of piperidine rings is 1. The first-order valence-corrected chi connectivity index (χ1v) is 8.82. The average Bonchev–Trinajstić information content (AvgIpc) is 2.59. The van der Waals surface area contributed by atoms with Crippen molar-refractivity contribution in [2.75, 3.05) is 26.7 Å². The number of likely N-dealkylation sites (tertiary alicyclic amines) is 1. The van der Waals surface area contributed by atoms with Gasteiger partial charge in [0.25, 0.3) is 6.54 Å². The molecule has 1 heterocycles. The van der Waals surface area contributed by atoms with Crippen molar-refractivity contribution in [3.05, 3.63) is 40.7 Å². The van der Waals surface area contributed by atoms with Crippen LogP contribution >= 0.6 is 0 Å². The highest BCUT2D eigenvalue weighted by Crippen LogP contribution is 2.34. The number of hydrogen-bond donors (Lipinski definition) is 0. The van der Waals surface area contributed by atoms with Crippen LogP contribution in [0.2, 0.25) is 0 Å². The minimum atomic E-state index is -1.25. The van der Waals surface area contributed by atoms with Gasteiger partial charge < -0.3 is 19.2 Å². The Balaban J connectivity index is 2.13. The number of rotatable bonds is 4. The molecule has 2 atom stereocenters. The van der Waals surface area contributed by atoms with Crippen LogP contribution in [0.25, 0.3) is 4.85 Å². The number of alkyl halides is 1. The molecule has 0 aromatic heterocycles. The number of ketones is 1. The van der Waals surface area contributed by atoms with Gasteiger partial charge in [0, 0.05) is 12.5 Å². The van der Waals surface area contributed by atoms with Crippen molar-refractivity contribution < 1.29 is 23.5 Å². The fraction of sp³-hybridized carbons (Fsp3) is 0.550. The Kier molecular flexibility index (Phi) is 6.42. The molecule has 0 spiro atoms. The number of Topliss-reactive ketones (excluding diaryl/α,β-unsaturated/α-hetero) is 1. The summed E-state index contributed by atoms with van der Waals surface area (Å²) in [5.74, 6) is -0.393. The molecule has 2 rings (SSSR count). The number of hydrogen-bond acceptors (Lipinski definition) is 4. The van der Waals surface area contributed by atoms with E-state index < -0.39 is 23.8 Å². The molecule has 1 saturated heterocycles. The van der Waals surface area contributed by atoms with E-state index in [9.17, 15) is 14.0 Å². The van der Waals surface area contributed by atoms with Gasteiger partial charge in [0.05, 0.1) is 19.2 Å². The predicted octanol–water partition coefficient (Wildman–Crippen LogP) is 3.86. The number of carbonyl (C=O) groups is 2. The molecule has 27 heavy (non-hydrogen) atoms. The van der Waals surface area contributed by atoms with E-state index >= 15 is 0 Å². The molecule has 1 aromatic rings. The van der Waals surface area contributed by atoms with Gasteiger partial charge in [0.15, 0.2) is 0 Å². The normalized spacial score (nSPS) is 19.9. The molecule has 2 unspecified atom stereocenters. The molecule has 0 N–H and O–H groups in total. The van der Waals surface area contributed by atoms with Crippen LogP contribution in [-0.2, 0) is 4.74 Å². The number of benzene rings is 1. The summed E-state index contributed by atoms with van der Waals surface area (Å²) in [5.41, 5.74) is 0.405. The maximum Gasteiger partial charge on any atom is 0.410 e. The van der Waals surface area contributed by atoms with E-state index in [0.29, 0.717) is 29.8 Å². The second-order valence-electron chi connectivity index (χ2n) is 7.54. The third kappa shape index (κ3) is 5.19. The molecule has 6 nitrogen and oxygen atoms in total. The van der Waals surface area contributed by atoms with Gasteiger partial charge in [-0.1, -0.05) is 6.07 Å². The van der Waals surface area contributed by atoms with Gasteiger partial charge in [-0.05, 0) is 44.9 Å². The fourth-order valence-corrected chi connectivity index (χ4v) is 3.10. The molecule has 0 aliphatic carbocycles. The van der Waals surface area contributed by atoms with E-state index in [0.717, 1.165) is 0 Å². The van der Waals surface area contributed by atoms with Gasteiger partial charge in [-0.2, -0.15) is 0 Å². The zero-order valence-corrected chi connectivity index (χ0v) is 16.1. The molecule has 1 amide bonds. The molecule has 1 fully saturated rings. The first-order valence-electron chi connectivity index (χ1n) is 8.82. The van der Waals surface area contributed by atoms with Crippen molar-refractivity contribution in [3.8, 4) is 5.75 Å². The highest BCUT2D eigenvalue weighted by Gasteiger charge is 2.35. The molecule has 0 radical (unpaired) electrons. The maximum atomic E-state index is 14.8. The van der Waals surface area contributed by atoms with Crippen LogP contribution in [0.3, 0.4) is 0 Å². The van der Waals surface area contributed by atoms with Gasteiger partial charge in [0.2, 0.25) is 5.78 Å². The van der Waals surface area contributed by atoms with Crippen molar-refractivity contribution in [1.82, 2.24) is 4.90 Å². The van der Waals surface area contributed by atoms with Crippen LogP contribution in [0.5, 0.6) is 5.75 Å². The molecule has 7 heteroatoms. The fourth-order valence-electron chi connectivity index (χ4n) is 3.10. The molecule has 0 bridgehead atoms. The Hall–Kier alpha value is -2.62. The van der Waals surface area contributed by atoms with Crippen molar-refractivity contribution in [2.24, 2.45) is 0 Å². The summed E-state index contributed by atoms with van der Waals surface area (Å²) in [6, 6.07) is 4.92. The number of carbonyl (C=O) groups excluding carboxylic acids is 2. The summed E-state index contributed by atoms with van der Waals surface area (Å²) in [7, 11) is 1.44. The Labute approximate surface area is 159 Å². The largest absolute Gasteiger partial charge is 0.496 e. The highest BCUT2D eigenvalue weighted by molar-refractivity contribution is 6.01. The second-order valence-corrected chi connectivity index (χ2v) is 7.54. The van der Waals surface area contributed by atoms with Gasteiger partial charge in [-0.15, -0.1) is 0 Å². The lowest BCUT2D eigenvalue weighted by Gasteiger charge is -2.36. The number of halogens is 1. The average molecular weight is 376 g/mol. The van der Waals surface area contributed by atoms with Crippen LogP contribution < -0.4 is 4.74 Å². The van der Waals surface area contributed by atoms with Crippen molar-refractivity contribution in [3.63, 3.8) is 0 Å². The zero-order chi connectivity index (χ0) is 20.2. The predicted molar refractivity (Wildman–Crippen MR) is 98.9 cm³/mol. The third-order valence-electron chi connectivity index (χ3n) is 4.37. The van der Waals surface area contributed by atoms with Crippen LogP contribution in [0.1, 0.15) is 49.0 Å². The maximum absolute atomic E-state index is 14.8. The van der Waals surface area contributed by atoms with Crippen LogP contribution in [0.15, 0.2) is 18.2 Å². The second kappa shape index (κ2) is 8.38. The minimum absolute atomic E-state index is 0.0414. The van der Waals surface area contributed by atoms with Gasteiger partial charge in [-0.25, -0.2) is 15.8 Å². The van der Waals surface area contributed by atoms with Gasteiger partial charge in [0.1, 0.15) is 17.5 Å². The van der Waals surface area contributed by atoms with E-state index in [2.05, 4.69) is 4.85 Å². The summed E-state index contributed by atoms with van der Waals surface area (Å²) in [4.78, 5) is 28.6. The first kappa shape index (κ1) is 20.7. The van der Waals surface area contributed by atoms with Crippen molar-refractivity contribution in [1.29, 1.82) is 0 Å². The third-order valence-corrected chi connectivity index (χ3v) is 4.37. The van der Waals surface area contributed by atoms with Crippen LogP contribution in [-0.4, -0.2) is 55.3 Å². The summed E-state index contributed by atoms with van der Waals surface area (Å²) < 4.78 is 25.4. The van der Waals surface area contributed by atoms with E-state index in [-0.39, 0.29) is 18.9 Å². The quantitative estimate of drug-likeness (QED) is 0.591. The molecular weight excluding hydrogens is 351 g/mol. The smallest absolute Gasteiger partial charge is 0.410 e. The van der Waals surface area contributed by atoms with E-state index in [1.165, 1.54) is 12.0 Å². The lowest BCUT2D eigenvalue weighted by atomic mass is 9.87. The summed E-state index contributed by atoms with van der Waals surface area (Å²) >= 11 is 0. The Morgan fingerprint density at radius 2 is 2.07 bits per heavy atom. The van der Waals surface area contributed by atoms with Gasteiger partial charge >= 0.3 is 6.09 Å².